The third-order valence-electron chi connectivity index (χ3n) is 4.04. The summed E-state index contributed by atoms with van der Waals surface area (Å²) in [5, 5.41) is 0. The third kappa shape index (κ3) is 2.68. The van der Waals surface area contributed by atoms with Crippen LogP contribution in [0.1, 0.15) is 31.2 Å². The van der Waals surface area contributed by atoms with Crippen molar-refractivity contribution in [1.82, 2.24) is 0 Å². The summed E-state index contributed by atoms with van der Waals surface area (Å²) < 4.78 is 5.30. The van der Waals surface area contributed by atoms with Crippen LogP contribution in [0.4, 0.5) is 0 Å². The van der Waals surface area contributed by atoms with Gasteiger partial charge in [0.15, 0.2) is 0 Å². The lowest BCUT2D eigenvalue weighted by molar-refractivity contribution is -0.146. The first-order valence-corrected chi connectivity index (χ1v) is 6.51. The minimum atomic E-state index is -0.0276. The van der Waals surface area contributed by atoms with Gasteiger partial charge in [-0.15, -0.1) is 0 Å². The summed E-state index contributed by atoms with van der Waals surface area (Å²) in [6, 6.07) is 9.87. The smallest absolute Gasteiger partial charge is 0.306 e. The fourth-order valence-corrected chi connectivity index (χ4v) is 3.04. The molecule has 3 rings (SSSR count). The number of ether oxygens (including phenoxy) is 1. The Morgan fingerprint density at radius 2 is 1.82 bits per heavy atom. The van der Waals surface area contributed by atoms with Crippen LogP contribution in [0.2, 0.25) is 0 Å². The number of benzene rings is 1. The van der Waals surface area contributed by atoms with E-state index in [-0.39, 0.29) is 5.97 Å². The van der Waals surface area contributed by atoms with Gasteiger partial charge in [-0.2, -0.15) is 0 Å². The van der Waals surface area contributed by atoms with Crippen LogP contribution in [0.5, 0.6) is 0 Å². The molecule has 0 N–H and O–H groups in total. The number of fused-ring (bicyclic) bond motifs is 1. The average Bonchev–Trinajstić information content (AvgIpc) is 2.96. The van der Waals surface area contributed by atoms with Gasteiger partial charge in [-0.1, -0.05) is 30.3 Å². The summed E-state index contributed by atoms with van der Waals surface area (Å²) in [4.78, 5) is 11.7. The predicted molar refractivity (Wildman–Crippen MR) is 65.2 cm³/mol. The Labute approximate surface area is 102 Å². The Morgan fingerprint density at radius 1 is 1.12 bits per heavy atom. The van der Waals surface area contributed by atoms with Gasteiger partial charge in [0.2, 0.25) is 0 Å². The molecule has 0 heterocycles. The number of rotatable bonds is 4. The Kier molecular flexibility index (Phi) is 2.87. The van der Waals surface area contributed by atoms with E-state index in [1.807, 2.05) is 30.3 Å². The topological polar surface area (TPSA) is 26.3 Å². The van der Waals surface area contributed by atoms with Crippen LogP contribution in [-0.4, -0.2) is 5.97 Å². The third-order valence-corrected chi connectivity index (χ3v) is 4.04. The maximum Gasteiger partial charge on any atom is 0.306 e. The molecule has 0 amide bonds. The molecule has 0 bridgehead atoms. The van der Waals surface area contributed by atoms with Crippen molar-refractivity contribution in [1.29, 1.82) is 0 Å². The maximum atomic E-state index is 11.7. The van der Waals surface area contributed by atoms with Gasteiger partial charge in [-0.05, 0) is 42.6 Å². The van der Waals surface area contributed by atoms with Crippen LogP contribution in [0.3, 0.4) is 0 Å². The normalized spacial score (nSPS) is 29.8. The first kappa shape index (κ1) is 10.8. The molecule has 2 heteroatoms. The minimum absolute atomic E-state index is 0.0276. The molecule has 17 heavy (non-hydrogen) atoms. The van der Waals surface area contributed by atoms with Crippen molar-refractivity contribution in [2.75, 3.05) is 0 Å². The number of carbonyl (C=O) groups is 1. The molecule has 2 nitrogen and oxygen atoms in total. The molecule has 2 aliphatic rings. The summed E-state index contributed by atoms with van der Waals surface area (Å²) in [6.07, 6.45) is 4.55. The monoisotopic (exact) mass is 230 g/mol. The molecule has 2 atom stereocenters. The van der Waals surface area contributed by atoms with Crippen molar-refractivity contribution in [3.8, 4) is 0 Å². The average molecular weight is 230 g/mol. The van der Waals surface area contributed by atoms with Gasteiger partial charge in [-0.25, -0.2) is 0 Å². The van der Waals surface area contributed by atoms with Crippen molar-refractivity contribution in [2.45, 2.75) is 32.3 Å². The highest BCUT2D eigenvalue weighted by Gasteiger charge is 2.46. The Hall–Kier alpha value is -1.31. The number of hydrogen-bond donors (Lipinski definition) is 0. The SMILES string of the molecule is O=C(CC1CC2CC2C1)OCc1ccccc1. The minimum Gasteiger partial charge on any atom is -0.461 e. The molecule has 0 saturated heterocycles. The second-order valence-electron chi connectivity index (χ2n) is 5.44. The largest absolute Gasteiger partial charge is 0.461 e. The van der Waals surface area contributed by atoms with Crippen LogP contribution in [-0.2, 0) is 16.1 Å². The summed E-state index contributed by atoms with van der Waals surface area (Å²) in [6.45, 7) is 0.416. The highest BCUT2D eigenvalue weighted by atomic mass is 16.5. The molecule has 2 saturated carbocycles. The Bertz CT molecular complexity index is 389. The molecule has 2 fully saturated rings. The van der Waals surface area contributed by atoms with Crippen molar-refractivity contribution in [3.05, 3.63) is 35.9 Å². The predicted octanol–water partition coefficient (Wildman–Crippen LogP) is 3.17. The van der Waals surface area contributed by atoms with E-state index >= 15 is 0 Å². The first-order valence-electron chi connectivity index (χ1n) is 6.51. The summed E-state index contributed by atoms with van der Waals surface area (Å²) >= 11 is 0. The number of hydrogen-bond acceptors (Lipinski definition) is 2. The highest BCUT2D eigenvalue weighted by Crippen LogP contribution is 2.55. The number of esters is 1. The Morgan fingerprint density at radius 3 is 2.53 bits per heavy atom. The first-order chi connectivity index (χ1) is 8.31. The van der Waals surface area contributed by atoms with Crippen LogP contribution < -0.4 is 0 Å². The fourth-order valence-electron chi connectivity index (χ4n) is 3.04. The molecule has 0 radical (unpaired) electrons. The van der Waals surface area contributed by atoms with Crippen molar-refractivity contribution < 1.29 is 9.53 Å². The standard InChI is InChI=1S/C15H18O2/c16-15(8-12-6-13-9-14(13)7-12)17-10-11-4-2-1-3-5-11/h1-5,12-14H,6-10H2. The van der Waals surface area contributed by atoms with Crippen molar-refractivity contribution >= 4 is 5.97 Å². The van der Waals surface area contributed by atoms with Gasteiger partial charge < -0.3 is 4.74 Å². The lowest BCUT2D eigenvalue weighted by atomic mass is 10.00. The van der Waals surface area contributed by atoms with E-state index in [2.05, 4.69) is 0 Å². The molecule has 2 unspecified atom stereocenters. The Balaban J connectivity index is 1.41. The summed E-state index contributed by atoms with van der Waals surface area (Å²) in [5.41, 5.74) is 1.06. The van der Waals surface area contributed by atoms with Gasteiger partial charge in [0.25, 0.3) is 0 Å². The number of carbonyl (C=O) groups excluding carboxylic acids is 1. The second-order valence-corrected chi connectivity index (χ2v) is 5.44. The lowest BCUT2D eigenvalue weighted by Crippen LogP contribution is -2.10. The fraction of sp³-hybridized carbons (Fsp3) is 0.533. The van der Waals surface area contributed by atoms with Crippen LogP contribution in [0, 0.1) is 17.8 Å². The highest BCUT2D eigenvalue weighted by molar-refractivity contribution is 5.69. The maximum absolute atomic E-state index is 11.7. The van der Waals surface area contributed by atoms with Crippen molar-refractivity contribution in [3.63, 3.8) is 0 Å². The van der Waals surface area contributed by atoms with E-state index < -0.39 is 0 Å². The molecule has 0 aliphatic heterocycles. The van der Waals surface area contributed by atoms with E-state index in [4.69, 9.17) is 4.74 Å². The molecule has 0 aromatic heterocycles. The van der Waals surface area contributed by atoms with E-state index in [0.717, 1.165) is 17.4 Å². The second kappa shape index (κ2) is 4.52. The zero-order valence-electron chi connectivity index (χ0n) is 9.97. The molecular formula is C15H18O2. The van der Waals surface area contributed by atoms with Crippen LogP contribution in [0.15, 0.2) is 30.3 Å². The zero-order valence-corrected chi connectivity index (χ0v) is 9.97. The lowest BCUT2D eigenvalue weighted by Gasteiger charge is -2.11. The molecular weight excluding hydrogens is 212 g/mol. The molecule has 1 aromatic carbocycles. The zero-order chi connectivity index (χ0) is 11.7. The molecule has 0 spiro atoms. The van der Waals surface area contributed by atoms with E-state index in [1.54, 1.807) is 0 Å². The quantitative estimate of drug-likeness (QED) is 0.743. The van der Waals surface area contributed by atoms with Gasteiger partial charge in [0.05, 0.1) is 0 Å². The summed E-state index contributed by atoms with van der Waals surface area (Å²) in [7, 11) is 0. The molecule has 1 aromatic rings. The van der Waals surface area contributed by atoms with Crippen LogP contribution >= 0.6 is 0 Å². The molecule has 90 valence electrons. The van der Waals surface area contributed by atoms with Gasteiger partial charge in [0.1, 0.15) is 6.61 Å². The van der Waals surface area contributed by atoms with E-state index in [0.29, 0.717) is 18.9 Å². The summed E-state index contributed by atoms with van der Waals surface area (Å²) in [5.74, 6) is 2.46. The molecule has 2 aliphatic carbocycles. The van der Waals surface area contributed by atoms with Gasteiger partial charge in [0, 0.05) is 6.42 Å². The van der Waals surface area contributed by atoms with E-state index in [1.165, 1.54) is 19.3 Å². The van der Waals surface area contributed by atoms with E-state index in [9.17, 15) is 4.79 Å². The van der Waals surface area contributed by atoms with Gasteiger partial charge >= 0.3 is 5.97 Å². The van der Waals surface area contributed by atoms with Crippen LogP contribution in [0.25, 0.3) is 0 Å². The van der Waals surface area contributed by atoms with Gasteiger partial charge in [-0.3, -0.25) is 4.79 Å². The van der Waals surface area contributed by atoms with Crippen molar-refractivity contribution in [2.24, 2.45) is 17.8 Å².